The Labute approximate surface area is 120 Å². The Balaban J connectivity index is 2.07. The highest BCUT2D eigenvalue weighted by atomic mass is 32.2. The maximum absolute atomic E-state index is 11.1. The number of aryl methyl sites for hydroxylation is 2. The van der Waals surface area contributed by atoms with Gasteiger partial charge in [0.25, 0.3) is 0 Å². The monoisotopic (exact) mass is 293 g/mol. The summed E-state index contributed by atoms with van der Waals surface area (Å²) in [7, 11) is 0. The van der Waals surface area contributed by atoms with Gasteiger partial charge in [-0.15, -0.1) is 23.1 Å². The van der Waals surface area contributed by atoms with E-state index in [4.69, 9.17) is 5.11 Å². The molecular formula is C14H15NO2S2. The number of aromatic nitrogens is 1. The molecule has 1 heterocycles. The average molecular weight is 293 g/mol. The number of nitrogens with zero attached hydrogens (tertiary/aromatic N) is 1. The topological polar surface area (TPSA) is 50.2 Å². The van der Waals surface area contributed by atoms with Gasteiger partial charge in [-0.1, -0.05) is 24.6 Å². The van der Waals surface area contributed by atoms with Crippen LogP contribution >= 0.6 is 23.1 Å². The van der Waals surface area contributed by atoms with Gasteiger partial charge in [0.1, 0.15) is 9.88 Å². The average Bonchev–Trinajstić information content (AvgIpc) is 2.81. The van der Waals surface area contributed by atoms with Crippen molar-refractivity contribution in [2.24, 2.45) is 0 Å². The maximum atomic E-state index is 11.1. The van der Waals surface area contributed by atoms with E-state index in [2.05, 4.69) is 36.2 Å². The number of thiazole rings is 1. The summed E-state index contributed by atoms with van der Waals surface area (Å²) in [6, 6.07) is 8.30. The summed E-state index contributed by atoms with van der Waals surface area (Å²) in [5.74, 6) is -0.158. The highest BCUT2D eigenvalue weighted by molar-refractivity contribution is 7.98. The maximum Gasteiger partial charge on any atom is 0.347 e. The fourth-order valence-electron chi connectivity index (χ4n) is 1.65. The number of carboxylic acid groups (broad SMARTS) is 1. The van der Waals surface area contributed by atoms with Crippen LogP contribution in [-0.4, -0.2) is 16.1 Å². The summed E-state index contributed by atoms with van der Waals surface area (Å²) in [6.07, 6.45) is 0.660. The van der Waals surface area contributed by atoms with E-state index in [1.165, 1.54) is 21.8 Å². The van der Waals surface area contributed by atoms with E-state index in [-0.39, 0.29) is 0 Å². The number of hydrogen-bond donors (Lipinski definition) is 1. The Morgan fingerprint density at radius 2 is 2.05 bits per heavy atom. The minimum absolute atomic E-state index is 0.377. The number of benzene rings is 1. The van der Waals surface area contributed by atoms with E-state index in [1.807, 2.05) is 6.92 Å². The number of rotatable bonds is 5. The van der Waals surface area contributed by atoms with Crippen LogP contribution in [0, 0.1) is 6.92 Å². The second-order valence-electron chi connectivity index (χ2n) is 4.14. The molecule has 0 aliphatic heterocycles. The zero-order chi connectivity index (χ0) is 13.8. The lowest BCUT2D eigenvalue weighted by Gasteiger charge is -1.99. The molecule has 0 fully saturated rings. The molecule has 3 nitrogen and oxygen atoms in total. The van der Waals surface area contributed by atoms with E-state index < -0.39 is 5.97 Å². The molecular weight excluding hydrogens is 278 g/mol. The SMILES string of the molecule is CCc1nc(CSc2ccc(C)cc2)sc1C(=O)O. The van der Waals surface area contributed by atoms with Crippen molar-refractivity contribution in [3.8, 4) is 0 Å². The third-order valence-electron chi connectivity index (χ3n) is 2.65. The van der Waals surface area contributed by atoms with Crippen LogP contribution in [0.5, 0.6) is 0 Å². The first-order valence-corrected chi connectivity index (χ1v) is 7.81. The molecule has 0 saturated heterocycles. The lowest BCUT2D eigenvalue weighted by Crippen LogP contribution is -1.97. The molecule has 2 rings (SSSR count). The van der Waals surface area contributed by atoms with E-state index in [0.717, 1.165) is 5.01 Å². The predicted octanol–water partition coefficient (Wildman–Crippen LogP) is 4.00. The van der Waals surface area contributed by atoms with Crippen LogP contribution in [0.3, 0.4) is 0 Å². The molecule has 0 aliphatic rings. The quantitative estimate of drug-likeness (QED) is 0.846. The van der Waals surface area contributed by atoms with Gasteiger partial charge in [-0.05, 0) is 25.5 Å². The number of aromatic carboxylic acids is 1. The molecule has 0 atom stereocenters. The van der Waals surface area contributed by atoms with E-state index in [9.17, 15) is 4.79 Å². The first kappa shape index (κ1) is 14.1. The van der Waals surface area contributed by atoms with Crippen molar-refractivity contribution in [3.63, 3.8) is 0 Å². The molecule has 0 amide bonds. The highest BCUT2D eigenvalue weighted by Gasteiger charge is 2.15. The molecule has 19 heavy (non-hydrogen) atoms. The molecule has 1 aromatic carbocycles. The van der Waals surface area contributed by atoms with Crippen LogP contribution in [0.1, 0.15) is 32.9 Å². The zero-order valence-corrected chi connectivity index (χ0v) is 12.5. The molecule has 5 heteroatoms. The normalized spacial score (nSPS) is 10.6. The smallest absolute Gasteiger partial charge is 0.347 e. The molecule has 0 unspecified atom stereocenters. The van der Waals surface area contributed by atoms with Gasteiger partial charge < -0.3 is 5.11 Å². The molecule has 0 bridgehead atoms. The molecule has 2 aromatic rings. The summed E-state index contributed by atoms with van der Waals surface area (Å²) < 4.78 is 0. The lowest BCUT2D eigenvalue weighted by molar-refractivity contribution is 0.0701. The van der Waals surface area contributed by atoms with Gasteiger partial charge in [0, 0.05) is 4.90 Å². The predicted molar refractivity (Wildman–Crippen MR) is 79.2 cm³/mol. The Hall–Kier alpha value is -1.33. The number of hydrogen-bond acceptors (Lipinski definition) is 4. The summed E-state index contributed by atoms with van der Waals surface area (Å²) >= 11 is 2.96. The molecule has 0 aliphatic carbocycles. The van der Waals surface area contributed by atoms with Crippen molar-refractivity contribution < 1.29 is 9.90 Å². The summed E-state index contributed by atoms with van der Waals surface area (Å²) in [5, 5.41) is 9.96. The third-order valence-corrected chi connectivity index (χ3v) is 4.95. The Bertz CT molecular complexity index is 576. The van der Waals surface area contributed by atoms with E-state index in [0.29, 0.717) is 22.7 Å². The summed E-state index contributed by atoms with van der Waals surface area (Å²) in [4.78, 5) is 17.0. The van der Waals surface area contributed by atoms with Gasteiger partial charge in [0.05, 0.1) is 11.4 Å². The van der Waals surface area contributed by atoms with Gasteiger partial charge in [-0.3, -0.25) is 0 Å². The van der Waals surface area contributed by atoms with Gasteiger partial charge in [0.15, 0.2) is 0 Å². The minimum Gasteiger partial charge on any atom is -0.477 e. The summed E-state index contributed by atoms with van der Waals surface area (Å²) in [6.45, 7) is 3.99. The molecule has 0 radical (unpaired) electrons. The first-order chi connectivity index (χ1) is 9.10. The van der Waals surface area contributed by atoms with Crippen LogP contribution < -0.4 is 0 Å². The molecule has 0 spiro atoms. The van der Waals surface area contributed by atoms with Crippen LogP contribution in [-0.2, 0) is 12.2 Å². The fraction of sp³-hybridized carbons (Fsp3) is 0.286. The van der Waals surface area contributed by atoms with Crippen molar-refractivity contribution in [2.75, 3.05) is 0 Å². The Morgan fingerprint density at radius 3 is 2.58 bits per heavy atom. The van der Waals surface area contributed by atoms with E-state index >= 15 is 0 Å². The van der Waals surface area contributed by atoms with Crippen molar-refractivity contribution in [1.82, 2.24) is 4.98 Å². The number of thioether (sulfide) groups is 1. The Kier molecular flexibility index (Phi) is 4.61. The van der Waals surface area contributed by atoms with Crippen LogP contribution in [0.15, 0.2) is 29.2 Å². The van der Waals surface area contributed by atoms with Crippen LogP contribution in [0.4, 0.5) is 0 Å². The molecule has 100 valence electrons. The second-order valence-corrected chi connectivity index (χ2v) is 6.28. The first-order valence-electron chi connectivity index (χ1n) is 6.01. The molecule has 0 saturated carbocycles. The standard InChI is InChI=1S/C14H15NO2S2/c1-3-11-13(14(16)17)19-12(15-11)8-18-10-6-4-9(2)5-7-10/h4-7H,3,8H2,1-2H3,(H,16,17). The van der Waals surface area contributed by atoms with Crippen molar-refractivity contribution >= 4 is 29.1 Å². The van der Waals surface area contributed by atoms with Gasteiger partial charge in [-0.2, -0.15) is 0 Å². The van der Waals surface area contributed by atoms with Crippen molar-refractivity contribution in [3.05, 3.63) is 45.4 Å². The van der Waals surface area contributed by atoms with Gasteiger partial charge in [-0.25, -0.2) is 9.78 Å². The van der Waals surface area contributed by atoms with Gasteiger partial charge >= 0.3 is 5.97 Å². The van der Waals surface area contributed by atoms with Gasteiger partial charge in [0.2, 0.25) is 0 Å². The Morgan fingerprint density at radius 1 is 1.37 bits per heavy atom. The van der Waals surface area contributed by atoms with Crippen molar-refractivity contribution in [2.45, 2.75) is 30.9 Å². The highest BCUT2D eigenvalue weighted by Crippen LogP contribution is 2.27. The number of carbonyl (C=O) groups is 1. The fourth-order valence-corrected chi connectivity index (χ4v) is 3.53. The van der Waals surface area contributed by atoms with Crippen molar-refractivity contribution in [1.29, 1.82) is 0 Å². The van der Waals surface area contributed by atoms with Crippen LogP contribution in [0.25, 0.3) is 0 Å². The molecule has 1 aromatic heterocycles. The largest absolute Gasteiger partial charge is 0.477 e. The van der Waals surface area contributed by atoms with E-state index in [1.54, 1.807) is 11.8 Å². The zero-order valence-electron chi connectivity index (χ0n) is 10.8. The third kappa shape index (κ3) is 3.58. The summed E-state index contributed by atoms with van der Waals surface area (Å²) in [5.41, 5.74) is 1.93. The molecule has 1 N–H and O–H groups in total. The number of carboxylic acids is 1. The minimum atomic E-state index is -0.874. The lowest BCUT2D eigenvalue weighted by atomic mass is 10.2. The van der Waals surface area contributed by atoms with Crippen LogP contribution in [0.2, 0.25) is 0 Å². The second kappa shape index (κ2) is 6.21.